The van der Waals surface area contributed by atoms with Crippen LogP contribution in [0.4, 0.5) is 4.39 Å². The zero-order chi connectivity index (χ0) is 16.1. The number of rotatable bonds is 5. The van der Waals surface area contributed by atoms with E-state index in [1.165, 1.54) is 6.07 Å². The van der Waals surface area contributed by atoms with Gasteiger partial charge in [0.05, 0.1) is 0 Å². The van der Waals surface area contributed by atoms with Crippen LogP contribution < -0.4 is 10.1 Å². The van der Waals surface area contributed by atoms with Crippen molar-refractivity contribution in [3.63, 3.8) is 0 Å². The van der Waals surface area contributed by atoms with Crippen LogP contribution in [-0.2, 0) is 11.3 Å². The van der Waals surface area contributed by atoms with Crippen LogP contribution in [0.15, 0.2) is 66.7 Å². The molecule has 3 nitrogen and oxygen atoms in total. The van der Waals surface area contributed by atoms with E-state index in [1.807, 2.05) is 42.5 Å². The fourth-order valence-electron chi connectivity index (χ4n) is 2.35. The van der Waals surface area contributed by atoms with Gasteiger partial charge >= 0.3 is 0 Å². The van der Waals surface area contributed by atoms with Crippen molar-refractivity contribution < 1.29 is 13.9 Å². The lowest BCUT2D eigenvalue weighted by atomic mass is 10.1. The first-order chi connectivity index (χ1) is 11.2. The molecule has 0 aromatic heterocycles. The second-order valence-electron chi connectivity index (χ2n) is 5.13. The first-order valence-corrected chi connectivity index (χ1v) is 7.35. The van der Waals surface area contributed by atoms with Gasteiger partial charge < -0.3 is 10.1 Å². The highest BCUT2D eigenvalue weighted by atomic mass is 19.1. The fourth-order valence-corrected chi connectivity index (χ4v) is 2.35. The third-order valence-corrected chi connectivity index (χ3v) is 3.54. The molecule has 0 atom stereocenters. The number of halogens is 1. The molecule has 0 bridgehead atoms. The Morgan fingerprint density at radius 2 is 1.70 bits per heavy atom. The Hall–Kier alpha value is -2.88. The van der Waals surface area contributed by atoms with Gasteiger partial charge in [-0.3, -0.25) is 4.79 Å². The lowest BCUT2D eigenvalue weighted by molar-refractivity contribution is -0.123. The number of carbonyl (C=O) groups excluding carboxylic acids is 1. The Labute approximate surface area is 133 Å². The molecule has 0 aliphatic heterocycles. The molecule has 0 saturated heterocycles. The molecule has 1 amide bonds. The summed E-state index contributed by atoms with van der Waals surface area (Å²) in [6.07, 6.45) is 0. The molecule has 0 spiro atoms. The largest absolute Gasteiger partial charge is 0.483 e. The van der Waals surface area contributed by atoms with Crippen molar-refractivity contribution in [1.82, 2.24) is 5.32 Å². The van der Waals surface area contributed by atoms with Gasteiger partial charge in [0.1, 0.15) is 11.6 Å². The van der Waals surface area contributed by atoms with Gasteiger partial charge in [-0.15, -0.1) is 0 Å². The molecule has 0 unspecified atom stereocenters. The van der Waals surface area contributed by atoms with Crippen LogP contribution in [-0.4, -0.2) is 12.5 Å². The van der Waals surface area contributed by atoms with Gasteiger partial charge in [-0.1, -0.05) is 54.6 Å². The molecule has 0 aliphatic carbocycles. The van der Waals surface area contributed by atoms with E-state index in [0.29, 0.717) is 11.3 Å². The molecule has 0 fully saturated rings. The van der Waals surface area contributed by atoms with Crippen molar-refractivity contribution in [2.45, 2.75) is 6.54 Å². The first kappa shape index (κ1) is 15.0. The molecule has 0 aliphatic rings. The summed E-state index contributed by atoms with van der Waals surface area (Å²) in [5.41, 5.74) is 0.450. The Bertz CT molecular complexity index is 827. The number of ether oxygens (including phenoxy) is 1. The molecule has 23 heavy (non-hydrogen) atoms. The van der Waals surface area contributed by atoms with Crippen LogP contribution in [0, 0.1) is 5.82 Å². The quantitative estimate of drug-likeness (QED) is 0.781. The SMILES string of the molecule is O=C(COc1cccc2ccccc12)NCc1ccccc1F. The van der Waals surface area contributed by atoms with E-state index in [9.17, 15) is 9.18 Å². The van der Waals surface area contributed by atoms with E-state index in [0.717, 1.165) is 10.8 Å². The van der Waals surface area contributed by atoms with E-state index in [1.54, 1.807) is 18.2 Å². The normalized spacial score (nSPS) is 10.5. The molecule has 3 aromatic carbocycles. The van der Waals surface area contributed by atoms with Crippen LogP contribution in [0.3, 0.4) is 0 Å². The van der Waals surface area contributed by atoms with Gasteiger partial charge in [0.2, 0.25) is 0 Å². The second kappa shape index (κ2) is 6.92. The van der Waals surface area contributed by atoms with E-state index in [4.69, 9.17) is 4.74 Å². The van der Waals surface area contributed by atoms with Crippen molar-refractivity contribution >= 4 is 16.7 Å². The Morgan fingerprint density at radius 1 is 0.957 bits per heavy atom. The number of carbonyl (C=O) groups is 1. The van der Waals surface area contributed by atoms with E-state index in [-0.39, 0.29) is 24.9 Å². The maximum atomic E-state index is 13.5. The summed E-state index contributed by atoms with van der Waals surface area (Å²) in [7, 11) is 0. The number of nitrogens with one attached hydrogen (secondary N) is 1. The van der Waals surface area contributed by atoms with Gasteiger partial charge in [-0.05, 0) is 17.5 Å². The minimum atomic E-state index is -0.331. The molecular formula is C19H16FNO2. The molecule has 0 saturated carbocycles. The van der Waals surface area contributed by atoms with Gasteiger partial charge in [0.25, 0.3) is 5.91 Å². The zero-order valence-corrected chi connectivity index (χ0v) is 12.5. The summed E-state index contributed by atoms with van der Waals surface area (Å²) in [6.45, 7) is 0.0346. The summed E-state index contributed by atoms with van der Waals surface area (Å²) in [4.78, 5) is 11.9. The highest BCUT2D eigenvalue weighted by Gasteiger charge is 2.07. The molecule has 3 aromatic rings. The smallest absolute Gasteiger partial charge is 0.258 e. The average molecular weight is 309 g/mol. The first-order valence-electron chi connectivity index (χ1n) is 7.35. The summed E-state index contributed by atoms with van der Waals surface area (Å²) >= 11 is 0. The zero-order valence-electron chi connectivity index (χ0n) is 12.5. The fraction of sp³-hybridized carbons (Fsp3) is 0.105. The van der Waals surface area contributed by atoms with Crippen molar-refractivity contribution in [2.75, 3.05) is 6.61 Å². The molecular weight excluding hydrogens is 293 g/mol. The van der Waals surface area contributed by atoms with Crippen LogP contribution in [0.5, 0.6) is 5.75 Å². The van der Waals surface area contributed by atoms with Gasteiger partial charge in [-0.2, -0.15) is 0 Å². The Balaban J connectivity index is 1.59. The monoisotopic (exact) mass is 309 g/mol. The van der Waals surface area contributed by atoms with Crippen LogP contribution in [0.1, 0.15) is 5.56 Å². The summed E-state index contributed by atoms with van der Waals surface area (Å²) < 4.78 is 19.1. The van der Waals surface area contributed by atoms with Crippen molar-refractivity contribution in [1.29, 1.82) is 0 Å². The summed E-state index contributed by atoms with van der Waals surface area (Å²) in [5, 5.41) is 4.66. The van der Waals surface area contributed by atoms with E-state index >= 15 is 0 Å². The highest BCUT2D eigenvalue weighted by Crippen LogP contribution is 2.24. The molecule has 4 heteroatoms. The average Bonchev–Trinajstić information content (AvgIpc) is 2.59. The number of amides is 1. The van der Waals surface area contributed by atoms with E-state index < -0.39 is 0 Å². The molecule has 3 rings (SSSR count). The number of benzene rings is 3. The molecule has 116 valence electrons. The maximum Gasteiger partial charge on any atom is 0.258 e. The Morgan fingerprint density at radius 3 is 2.57 bits per heavy atom. The number of hydrogen-bond acceptors (Lipinski definition) is 2. The van der Waals surface area contributed by atoms with Crippen molar-refractivity contribution in [2.24, 2.45) is 0 Å². The van der Waals surface area contributed by atoms with Crippen molar-refractivity contribution in [3.05, 3.63) is 78.1 Å². The van der Waals surface area contributed by atoms with Crippen LogP contribution in [0.25, 0.3) is 10.8 Å². The number of fused-ring (bicyclic) bond motifs is 1. The standard InChI is InChI=1S/C19H16FNO2/c20-17-10-4-2-7-15(17)12-21-19(22)13-23-18-11-5-8-14-6-1-3-9-16(14)18/h1-11H,12-13H2,(H,21,22). The molecule has 0 heterocycles. The predicted octanol–water partition coefficient (Wildman–Crippen LogP) is 3.67. The minimum absolute atomic E-state index is 0.109. The lowest BCUT2D eigenvalue weighted by Gasteiger charge is -2.10. The molecule has 1 N–H and O–H groups in total. The van der Waals surface area contributed by atoms with Crippen LogP contribution in [0.2, 0.25) is 0 Å². The number of hydrogen-bond donors (Lipinski definition) is 1. The van der Waals surface area contributed by atoms with Gasteiger partial charge in [0.15, 0.2) is 6.61 Å². The second-order valence-corrected chi connectivity index (χ2v) is 5.13. The lowest BCUT2D eigenvalue weighted by Crippen LogP contribution is -2.28. The predicted molar refractivity (Wildman–Crippen MR) is 87.7 cm³/mol. The Kier molecular flexibility index (Phi) is 4.52. The third-order valence-electron chi connectivity index (χ3n) is 3.54. The third kappa shape index (κ3) is 3.66. The summed E-state index contributed by atoms with van der Waals surface area (Å²) in [6, 6.07) is 19.9. The topological polar surface area (TPSA) is 38.3 Å². The minimum Gasteiger partial charge on any atom is -0.483 e. The maximum absolute atomic E-state index is 13.5. The van der Waals surface area contributed by atoms with Gasteiger partial charge in [0, 0.05) is 17.5 Å². The molecule has 0 radical (unpaired) electrons. The highest BCUT2D eigenvalue weighted by molar-refractivity contribution is 5.88. The van der Waals surface area contributed by atoms with E-state index in [2.05, 4.69) is 5.32 Å². The van der Waals surface area contributed by atoms with Crippen LogP contribution >= 0.6 is 0 Å². The van der Waals surface area contributed by atoms with Crippen molar-refractivity contribution in [3.8, 4) is 5.75 Å². The summed E-state index contributed by atoms with van der Waals surface area (Å²) in [5.74, 6) is 0.0353. The van der Waals surface area contributed by atoms with Gasteiger partial charge in [-0.25, -0.2) is 4.39 Å².